The van der Waals surface area contributed by atoms with Gasteiger partial charge in [0.2, 0.25) is 0 Å². The summed E-state index contributed by atoms with van der Waals surface area (Å²) >= 11 is 6.40. The van der Waals surface area contributed by atoms with Crippen LogP contribution in [0.3, 0.4) is 0 Å². The lowest BCUT2D eigenvalue weighted by atomic mass is 10.0. The Bertz CT molecular complexity index is 1420. The number of benzene rings is 1. The highest BCUT2D eigenvalue weighted by atomic mass is 35.5. The number of hydrogen-bond donors (Lipinski definition) is 0. The standard InChI is InChI=1S/C22H17ClN8/c1-29-13-15(11-26-29)19-10-21-25-8-9-30(21)22(28-19)16-12-27-31(14-16)20(6-7-24)17-4-2-3-5-18(17)23/h2-5,8-14,20H,6H2,1H3. The zero-order chi connectivity index (χ0) is 21.4. The third-order valence-corrected chi connectivity index (χ3v) is 5.46. The summed E-state index contributed by atoms with van der Waals surface area (Å²) in [5.41, 5.74) is 4.11. The van der Waals surface area contributed by atoms with Gasteiger partial charge in [-0.3, -0.25) is 13.8 Å². The molecule has 1 atom stereocenters. The molecule has 0 fully saturated rings. The molecular formula is C22H17ClN8. The van der Waals surface area contributed by atoms with Gasteiger partial charge in [-0.2, -0.15) is 15.5 Å². The largest absolute Gasteiger partial charge is 0.284 e. The van der Waals surface area contributed by atoms with Gasteiger partial charge in [0.15, 0.2) is 0 Å². The molecule has 0 saturated carbocycles. The number of imidazole rings is 1. The van der Waals surface area contributed by atoms with Crippen molar-refractivity contribution >= 4 is 17.2 Å². The summed E-state index contributed by atoms with van der Waals surface area (Å²) in [6.45, 7) is 0. The van der Waals surface area contributed by atoms with Crippen LogP contribution in [0.25, 0.3) is 28.3 Å². The lowest BCUT2D eigenvalue weighted by Gasteiger charge is -2.16. The molecule has 4 heterocycles. The van der Waals surface area contributed by atoms with Gasteiger partial charge < -0.3 is 0 Å². The van der Waals surface area contributed by atoms with Gasteiger partial charge in [-0.05, 0) is 11.6 Å². The molecule has 0 amide bonds. The van der Waals surface area contributed by atoms with E-state index in [1.54, 1.807) is 28.0 Å². The van der Waals surface area contributed by atoms with Gasteiger partial charge in [0.05, 0.1) is 42.2 Å². The minimum atomic E-state index is -0.299. The van der Waals surface area contributed by atoms with E-state index >= 15 is 0 Å². The maximum Gasteiger partial charge on any atom is 0.149 e. The van der Waals surface area contributed by atoms with Crippen molar-refractivity contribution in [1.29, 1.82) is 5.26 Å². The first kappa shape index (κ1) is 19.0. The summed E-state index contributed by atoms with van der Waals surface area (Å²) in [6, 6.07) is 11.4. The summed E-state index contributed by atoms with van der Waals surface area (Å²) in [6.07, 6.45) is 11.2. The Hall–Kier alpha value is -3.96. The Labute approximate surface area is 183 Å². The van der Waals surface area contributed by atoms with Gasteiger partial charge >= 0.3 is 0 Å². The molecule has 0 bridgehead atoms. The van der Waals surface area contributed by atoms with Crippen LogP contribution >= 0.6 is 11.6 Å². The molecule has 5 rings (SSSR count). The number of nitriles is 1. The number of halogens is 1. The van der Waals surface area contributed by atoms with E-state index in [1.807, 2.05) is 60.4 Å². The average molecular weight is 429 g/mol. The highest BCUT2D eigenvalue weighted by molar-refractivity contribution is 6.31. The fraction of sp³-hybridized carbons (Fsp3) is 0.136. The molecule has 1 unspecified atom stereocenters. The van der Waals surface area contributed by atoms with Crippen molar-refractivity contribution in [3.8, 4) is 28.7 Å². The van der Waals surface area contributed by atoms with Crippen molar-refractivity contribution in [3.63, 3.8) is 0 Å². The Morgan fingerprint density at radius 1 is 1.13 bits per heavy atom. The van der Waals surface area contributed by atoms with Crippen molar-refractivity contribution in [2.24, 2.45) is 7.05 Å². The molecule has 4 aromatic heterocycles. The molecule has 0 aliphatic rings. The molecule has 5 aromatic rings. The number of rotatable bonds is 5. The predicted molar refractivity (Wildman–Crippen MR) is 116 cm³/mol. The van der Waals surface area contributed by atoms with E-state index in [4.69, 9.17) is 16.6 Å². The van der Waals surface area contributed by atoms with E-state index in [-0.39, 0.29) is 12.5 Å². The number of nitrogens with zero attached hydrogens (tertiary/aromatic N) is 8. The zero-order valence-corrected chi connectivity index (χ0v) is 17.3. The van der Waals surface area contributed by atoms with Crippen LogP contribution in [-0.4, -0.2) is 33.9 Å². The lowest BCUT2D eigenvalue weighted by Crippen LogP contribution is -2.11. The van der Waals surface area contributed by atoms with E-state index in [0.717, 1.165) is 28.0 Å². The van der Waals surface area contributed by atoms with Crippen LogP contribution in [0.4, 0.5) is 0 Å². The topological polar surface area (TPSA) is 89.6 Å². The fourth-order valence-corrected chi connectivity index (χ4v) is 3.89. The molecule has 0 spiro atoms. The minimum Gasteiger partial charge on any atom is -0.284 e. The normalized spacial score (nSPS) is 12.2. The van der Waals surface area contributed by atoms with Gasteiger partial charge in [0.1, 0.15) is 11.5 Å². The van der Waals surface area contributed by atoms with Crippen molar-refractivity contribution in [2.45, 2.75) is 12.5 Å². The van der Waals surface area contributed by atoms with Crippen LogP contribution in [0.5, 0.6) is 0 Å². The third kappa shape index (κ3) is 3.45. The van der Waals surface area contributed by atoms with Crippen LogP contribution in [0.1, 0.15) is 18.0 Å². The fourth-order valence-electron chi connectivity index (χ4n) is 3.63. The van der Waals surface area contributed by atoms with Gasteiger partial charge in [-0.15, -0.1) is 0 Å². The molecule has 0 aliphatic carbocycles. The molecular weight excluding hydrogens is 412 g/mol. The smallest absolute Gasteiger partial charge is 0.149 e. The van der Waals surface area contributed by atoms with Gasteiger partial charge in [0.25, 0.3) is 0 Å². The first-order valence-electron chi connectivity index (χ1n) is 9.63. The second-order valence-corrected chi connectivity index (χ2v) is 7.54. The molecule has 31 heavy (non-hydrogen) atoms. The van der Waals surface area contributed by atoms with Gasteiger partial charge in [-0.1, -0.05) is 29.8 Å². The number of hydrogen-bond acceptors (Lipinski definition) is 5. The van der Waals surface area contributed by atoms with E-state index in [1.165, 1.54) is 0 Å². The van der Waals surface area contributed by atoms with Crippen LogP contribution in [0.15, 0.2) is 67.5 Å². The monoisotopic (exact) mass is 428 g/mol. The maximum absolute atomic E-state index is 9.39. The molecule has 9 heteroatoms. The highest BCUT2D eigenvalue weighted by Gasteiger charge is 2.19. The van der Waals surface area contributed by atoms with E-state index in [9.17, 15) is 5.26 Å². The second-order valence-electron chi connectivity index (χ2n) is 7.13. The van der Waals surface area contributed by atoms with Crippen molar-refractivity contribution in [2.75, 3.05) is 0 Å². The van der Waals surface area contributed by atoms with Crippen LogP contribution < -0.4 is 0 Å². The predicted octanol–water partition coefficient (Wildman–Crippen LogP) is 4.15. The minimum absolute atomic E-state index is 0.245. The lowest BCUT2D eigenvalue weighted by molar-refractivity contribution is 0.532. The summed E-state index contributed by atoms with van der Waals surface area (Å²) in [5, 5.41) is 18.8. The van der Waals surface area contributed by atoms with Crippen molar-refractivity contribution in [1.82, 2.24) is 33.9 Å². The van der Waals surface area contributed by atoms with E-state index in [0.29, 0.717) is 10.8 Å². The van der Waals surface area contributed by atoms with Crippen LogP contribution in [0, 0.1) is 11.3 Å². The summed E-state index contributed by atoms with van der Waals surface area (Å²) in [7, 11) is 1.87. The van der Waals surface area contributed by atoms with Gasteiger partial charge in [0, 0.05) is 48.5 Å². The number of aryl methyl sites for hydroxylation is 1. The Morgan fingerprint density at radius 2 is 1.97 bits per heavy atom. The molecule has 152 valence electrons. The first-order valence-corrected chi connectivity index (χ1v) is 10.0. The number of aromatic nitrogens is 7. The summed E-state index contributed by atoms with van der Waals surface area (Å²) in [5.74, 6) is 0.704. The van der Waals surface area contributed by atoms with Crippen LogP contribution in [-0.2, 0) is 7.05 Å². The third-order valence-electron chi connectivity index (χ3n) is 5.12. The van der Waals surface area contributed by atoms with Crippen molar-refractivity contribution in [3.05, 3.63) is 78.1 Å². The Kier molecular flexibility index (Phi) is 4.73. The quantitative estimate of drug-likeness (QED) is 0.419. The van der Waals surface area contributed by atoms with Crippen LogP contribution in [0.2, 0.25) is 5.02 Å². The molecule has 0 radical (unpaired) electrons. The second kappa shape index (κ2) is 7.70. The first-order chi connectivity index (χ1) is 15.1. The summed E-state index contributed by atoms with van der Waals surface area (Å²) < 4.78 is 5.41. The maximum atomic E-state index is 9.39. The molecule has 8 nitrogen and oxygen atoms in total. The molecule has 0 N–H and O–H groups in total. The number of fused-ring (bicyclic) bond motifs is 1. The van der Waals surface area contributed by atoms with E-state index in [2.05, 4.69) is 21.3 Å². The molecule has 1 aromatic carbocycles. The average Bonchev–Trinajstić information content (AvgIpc) is 3.52. The SMILES string of the molecule is Cn1cc(-c2cc3nccn3c(-c3cnn(C(CC#N)c4ccccc4Cl)c3)n2)cn1. The van der Waals surface area contributed by atoms with Gasteiger partial charge in [-0.25, -0.2) is 9.97 Å². The Balaban J connectivity index is 1.61. The zero-order valence-electron chi connectivity index (χ0n) is 16.6. The molecule has 0 aliphatic heterocycles. The molecule has 0 saturated heterocycles. The summed E-state index contributed by atoms with van der Waals surface area (Å²) in [4.78, 5) is 9.30. The Morgan fingerprint density at radius 3 is 2.74 bits per heavy atom. The highest BCUT2D eigenvalue weighted by Crippen LogP contribution is 2.30. The van der Waals surface area contributed by atoms with Crippen molar-refractivity contribution < 1.29 is 0 Å². The van der Waals surface area contributed by atoms with E-state index < -0.39 is 0 Å².